The van der Waals surface area contributed by atoms with E-state index in [0.29, 0.717) is 5.69 Å². The van der Waals surface area contributed by atoms with Gasteiger partial charge >= 0.3 is 5.97 Å². The Morgan fingerprint density at radius 1 is 1.41 bits per heavy atom. The molecule has 1 aromatic carbocycles. The van der Waals surface area contributed by atoms with Crippen LogP contribution in [0, 0.1) is 6.92 Å². The Hall–Kier alpha value is -1.33. The van der Waals surface area contributed by atoms with Gasteiger partial charge in [-0.25, -0.2) is 4.79 Å². The third-order valence-corrected chi connectivity index (χ3v) is 4.45. The van der Waals surface area contributed by atoms with Crippen LogP contribution in [0.3, 0.4) is 0 Å². The molecule has 0 bridgehead atoms. The van der Waals surface area contributed by atoms with Crippen LogP contribution in [0.5, 0.6) is 0 Å². The second kappa shape index (κ2) is 4.50. The highest BCUT2D eigenvalue weighted by Crippen LogP contribution is 2.34. The molecule has 0 spiro atoms. The zero-order valence-corrected chi connectivity index (χ0v) is 11.4. The van der Waals surface area contributed by atoms with Crippen molar-refractivity contribution in [2.75, 3.05) is 5.73 Å². The van der Waals surface area contributed by atoms with Crippen molar-refractivity contribution in [1.82, 2.24) is 0 Å². The van der Waals surface area contributed by atoms with Crippen molar-refractivity contribution in [2.45, 2.75) is 6.92 Å². The molecule has 3 N–H and O–H groups in total. The summed E-state index contributed by atoms with van der Waals surface area (Å²) in [5, 5.41) is 8.95. The van der Waals surface area contributed by atoms with Crippen LogP contribution in [0.1, 0.15) is 15.2 Å². The molecule has 0 amide bonds. The Labute approximate surface area is 111 Å². The smallest absolute Gasteiger partial charge is 0.348 e. The largest absolute Gasteiger partial charge is 0.477 e. The topological polar surface area (TPSA) is 63.3 Å². The molecule has 2 aromatic rings. The number of carboxylic acid groups (broad SMARTS) is 1. The zero-order valence-electron chi connectivity index (χ0n) is 9.03. The maximum Gasteiger partial charge on any atom is 0.348 e. The molecule has 0 aliphatic carbocycles. The molecule has 0 unspecified atom stereocenters. The number of aromatic carboxylic acids is 1. The Balaban J connectivity index is 2.50. The van der Waals surface area contributed by atoms with Crippen molar-refractivity contribution in [3.63, 3.8) is 0 Å². The lowest BCUT2D eigenvalue weighted by molar-refractivity contribution is 0.0703. The number of carbonyl (C=O) groups is 1. The number of hydrogen-bond acceptors (Lipinski definition) is 3. The Kier molecular flexibility index (Phi) is 3.22. The van der Waals surface area contributed by atoms with Gasteiger partial charge in [0, 0.05) is 9.35 Å². The van der Waals surface area contributed by atoms with Gasteiger partial charge in [0.2, 0.25) is 0 Å². The number of thiophene rings is 1. The zero-order chi connectivity index (χ0) is 12.6. The van der Waals surface area contributed by atoms with E-state index in [9.17, 15) is 4.79 Å². The number of benzene rings is 1. The van der Waals surface area contributed by atoms with Gasteiger partial charge in [-0.3, -0.25) is 0 Å². The molecule has 88 valence electrons. The number of nitrogen functional groups attached to an aromatic ring is 1. The predicted octanol–water partition coefficient (Wildman–Crippen LogP) is 3.77. The van der Waals surface area contributed by atoms with Crippen LogP contribution in [0.25, 0.3) is 10.4 Å². The number of carboxylic acids is 1. The molecule has 0 radical (unpaired) electrons. The van der Waals surface area contributed by atoms with Crippen LogP contribution in [0.2, 0.25) is 0 Å². The number of rotatable bonds is 2. The van der Waals surface area contributed by atoms with Gasteiger partial charge in [0.15, 0.2) is 0 Å². The monoisotopic (exact) mass is 311 g/mol. The highest BCUT2D eigenvalue weighted by atomic mass is 79.9. The molecule has 17 heavy (non-hydrogen) atoms. The lowest BCUT2D eigenvalue weighted by atomic mass is 10.1. The van der Waals surface area contributed by atoms with E-state index in [2.05, 4.69) is 15.9 Å². The van der Waals surface area contributed by atoms with Crippen LogP contribution in [0.4, 0.5) is 5.69 Å². The van der Waals surface area contributed by atoms with Crippen LogP contribution in [0.15, 0.2) is 28.7 Å². The third kappa shape index (κ3) is 2.35. The molecule has 0 aliphatic heterocycles. The van der Waals surface area contributed by atoms with Gasteiger partial charge in [-0.1, -0.05) is 28.1 Å². The number of anilines is 1. The second-order valence-corrected chi connectivity index (χ2v) is 5.57. The van der Waals surface area contributed by atoms with Crippen LogP contribution in [-0.4, -0.2) is 11.1 Å². The van der Waals surface area contributed by atoms with Gasteiger partial charge < -0.3 is 10.8 Å². The first-order valence-electron chi connectivity index (χ1n) is 4.88. The number of hydrogen-bond donors (Lipinski definition) is 2. The first-order chi connectivity index (χ1) is 7.99. The van der Waals surface area contributed by atoms with Crippen molar-refractivity contribution in [2.24, 2.45) is 0 Å². The lowest BCUT2D eigenvalue weighted by Crippen LogP contribution is -1.96. The minimum Gasteiger partial charge on any atom is -0.477 e. The van der Waals surface area contributed by atoms with E-state index in [-0.39, 0.29) is 4.88 Å². The molecule has 5 heteroatoms. The summed E-state index contributed by atoms with van der Waals surface area (Å²) in [5.41, 5.74) is 8.08. The summed E-state index contributed by atoms with van der Waals surface area (Å²) in [7, 11) is 0. The molecule has 0 atom stereocenters. The van der Waals surface area contributed by atoms with Crippen LogP contribution in [-0.2, 0) is 0 Å². The quantitative estimate of drug-likeness (QED) is 0.887. The third-order valence-electron chi connectivity index (χ3n) is 2.41. The van der Waals surface area contributed by atoms with E-state index in [1.807, 2.05) is 25.1 Å². The van der Waals surface area contributed by atoms with Crippen molar-refractivity contribution in [1.29, 1.82) is 0 Å². The SMILES string of the molecule is Cc1ccc(-c2cc(N)c(C(=O)O)s2)cc1Br. The van der Waals surface area contributed by atoms with Gasteiger partial charge in [0.05, 0.1) is 5.69 Å². The average molecular weight is 312 g/mol. The van der Waals surface area contributed by atoms with E-state index >= 15 is 0 Å². The summed E-state index contributed by atoms with van der Waals surface area (Å²) in [6.45, 7) is 2.00. The standard InChI is InChI=1S/C12H10BrNO2S/c1-6-2-3-7(4-8(6)13)10-5-9(14)11(17-10)12(15)16/h2-5H,14H2,1H3,(H,15,16). The normalized spacial score (nSPS) is 10.5. The molecule has 0 aliphatic rings. The fourth-order valence-corrected chi connectivity index (χ4v) is 2.75. The van der Waals surface area contributed by atoms with Crippen molar-refractivity contribution >= 4 is 38.9 Å². The van der Waals surface area contributed by atoms with E-state index in [1.165, 1.54) is 11.3 Å². The maximum atomic E-state index is 10.9. The van der Waals surface area contributed by atoms with Gasteiger partial charge in [0.25, 0.3) is 0 Å². The summed E-state index contributed by atoms with van der Waals surface area (Å²) in [6.07, 6.45) is 0. The fourth-order valence-electron chi connectivity index (χ4n) is 1.46. The predicted molar refractivity (Wildman–Crippen MR) is 73.6 cm³/mol. The number of aryl methyl sites for hydroxylation is 1. The number of nitrogens with two attached hydrogens (primary N) is 1. The van der Waals surface area contributed by atoms with Crippen molar-refractivity contribution in [3.8, 4) is 10.4 Å². The number of halogens is 1. The van der Waals surface area contributed by atoms with E-state index in [0.717, 1.165) is 20.5 Å². The molecular weight excluding hydrogens is 302 g/mol. The van der Waals surface area contributed by atoms with E-state index in [4.69, 9.17) is 10.8 Å². The van der Waals surface area contributed by atoms with Gasteiger partial charge in [0.1, 0.15) is 4.88 Å². The summed E-state index contributed by atoms with van der Waals surface area (Å²) in [4.78, 5) is 12.0. The summed E-state index contributed by atoms with van der Waals surface area (Å²) in [5.74, 6) is -0.982. The first kappa shape index (κ1) is 12.1. The van der Waals surface area contributed by atoms with Crippen molar-refractivity contribution < 1.29 is 9.90 Å². The lowest BCUT2D eigenvalue weighted by Gasteiger charge is -2.01. The molecular formula is C12H10BrNO2S. The Morgan fingerprint density at radius 2 is 2.12 bits per heavy atom. The van der Waals surface area contributed by atoms with Gasteiger partial charge in [-0.05, 0) is 30.2 Å². The highest BCUT2D eigenvalue weighted by molar-refractivity contribution is 9.10. The second-order valence-electron chi connectivity index (χ2n) is 3.66. The summed E-state index contributed by atoms with van der Waals surface area (Å²) >= 11 is 4.64. The Morgan fingerprint density at radius 3 is 2.65 bits per heavy atom. The van der Waals surface area contributed by atoms with E-state index < -0.39 is 5.97 Å². The molecule has 0 saturated carbocycles. The van der Waals surface area contributed by atoms with Gasteiger partial charge in [-0.2, -0.15) is 0 Å². The molecule has 3 nitrogen and oxygen atoms in total. The fraction of sp³-hybridized carbons (Fsp3) is 0.0833. The maximum absolute atomic E-state index is 10.9. The van der Waals surface area contributed by atoms with Crippen LogP contribution >= 0.6 is 27.3 Å². The van der Waals surface area contributed by atoms with Crippen LogP contribution < -0.4 is 5.73 Å². The molecule has 1 aromatic heterocycles. The minimum absolute atomic E-state index is 0.191. The summed E-state index contributed by atoms with van der Waals surface area (Å²) < 4.78 is 0.999. The van der Waals surface area contributed by atoms with Crippen molar-refractivity contribution in [3.05, 3.63) is 39.2 Å². The first-order valence-corrected chi connectivity index (χ1v) is 6.49. The molecule has 0 fully saturated rings. The van der Waals surface area contributed by atoms with Gasteiger partial charge in [-0.15, -0.1) is 11.3 Å². The molecule has 2 rings (SSSR count). The average Bonchev–Trinajstić information content (AvgIpc) is 2.64. The summed E-state index contributed by atoms with van der Waals surface area (Å²) in [6, 6.07) is 7.60. The van der Waals surface area contributed by atoms with E-state index in [1.54, 1.807) is 6.07 Å². The minimum atomic E-state index is -0.982. The molecule has 1 heterocycles. The molecule has 0 saturated heterocycles. The highest BCUT2D eigenvalue weighted by Gasteiger charge is 2.14. The Bertz CT molecular complexity index is 592.